The second-order valence-corrected chi connectivity index (χ2v) is 18.6. The van der Waals surface area contributed by atoms with Gasteiger partial charge in [-0.05, 0) is 68.0 Å². The van der Waals surface area contributed by atoms with Gasteiger partial charge in [-0.2, -0.15) is 10.2 Å². The number of carbonyl (C=O) groups excluding carboxylic acids is 2. The van der Waals surface area contributed by atoms with Crippen molar-refractivity contribution in [2.24, 2.45) is 13.0 Å². The van der Waals surface area contributed by atoms with Gasteiger partial charge in [-0.25, -0.2) is 4.68 Å². The molecule has 4 aromatic rings. The van der Waals surface area contributed by atoms with Crippen LogP contribution in [0.5, 0.6) is 0 Å². The minimum absolute atomic E-state index is 0.142. The molecule has 2 N–H and O–H groups in total. The third-order valence-electron chi connectivity index (χ3n) is 8.33. The molecule has 232 valence electrons. The first kappa shape index (κ1) is 31.4. The number of rotatable bonds is 13. The van der Waals surface area contributed by atoms with E-state index >= 15 is 0 Å². The van der Waals surface area contributed by atoms with Gasteiger partial charge in [0.2, 0.25) is 5.91 Å². The third kappa shape index (κ3) is 7.54. The number of aromatic nitrogens is 4. The highest BCUT2D eigenvalue weighted by Crippen LogP contribution is 2.45. The van der Waals surface area contributed by atoms with Crippen LogP contribution < -0.4 is 10.6 Å². The molecular formula is C34H44N6O3Si. The lowest BCUT2D eigenvalue weighted by atomic mass is 9.86. The average molecular weight is 613 g/mol. The first-order valence-electron chi connectivity index (χ1n) is 15.4. The number of nitrogens with zero attached hydrogens (tertiary/aromatic N) is 4. The molecule has 2 aromatic carbocycles. The van der Waals surface area contributed by atoms with Gasteiger partial charge in [0.15, 0.2) is 0 Å². The summed E-state index contributed by atoms with van der Waals surface area (Å²) in [4.78, 5) is 27.2. The summed E-state index contributed by atoms with van der Waals surface area (Å²) in [7, 11) is 0.568. The van der Waals surface area contributed by atoms with Crippen molar-refractivity contribution in [1.82, 2.24) is 24.9 Å². The van der Waals surface area contributed by atoms with Crippen LogP contribution >= 0.6 is 0 Å². The molecule has 0 saturated heterocycles. The molecule has 2 aromatic heterocycles. The van der Waals surface area contributed by atoms with Crippen molar-refractivity contribution in [2.75, 3.05) is 11.9 Å². The highest BCUT2D eigenvalue weighted by atomic mass is 28.3. The van der Waals surface area contributed by atoms with Crippen LogP contribution in [-0.2, 0) is 23.3 Å². The number of benzene rings is 2. The summed E-state index contributed by atoms with van der Waals surface area (Å²) in [6.07, 6.45) is 3.63. The van der Waals surface area contributed by atoms with Crippen LogP contribution in [0, 0.1) is 19.8 Å². The third-order valence-corrected chi connectivity index (χ3v) is 10.0. The summed E-state index contributed by atoms with van der Waals surface area (Å²) in [6.45, 7) is 12.3. The highest BCUT2D eigenvalue weighted by Gasteiger charge is 2.42. The number of carbonyl (C=O) groups is 2. The van der Waals surface area contributed by atoms with Gasteiger partial charge in [0.1, 0.15) is 18.5 Å². The largest absolute Gasteiger partial charge is 0.360 e. The van der Waals surface area contributed by atoms with Crippen LogP contribution in [0.2, 0.25) is 25.7 Å². The Bertz CT molecular complexity index is 1590. The maximum absolute atomic E-state index is 13.9. The highest BCUT2D eigenvalue weighted by molar-refractivity contribution is 6.76. The Hall–Kier alpha value is -4.02. The lowest BCUT2D eigenvalue weighted by Crippen LogP contribution is -2.48. The van der Waals surface area contributed by atoms with Crippen LogP contribution in [-0.4, -0.2) is 52.1 Å². The normalized spacial score (nSPS) is 14.7. The zero-order valence-corrected chi connectivity index (χ0v) is 27.6. The summed E-state index contributed by atoms with van der Waals surface area (Å²) in [5, 5.41) is 15.0. The Morgan fingerprint density at radius 2 is 1.73 bits per heavy atom. The fourth-order valence-corrected chi connectivity index (χ4v) is 6.46. The summed E-state index contributed by atoms with van der Waals surface area (Å²) >= 11 is 0. The lowest BCUT2D eigenvalue weighted by molar-refractivity contribution is -0.118. The average Bonchev–Trinajstić information content (AvgIpc) is 3.66. The predicted molar refractivity (Wildman–Crippen MR) is 176 cm³/mol. The van der Waals surface area contributed by atoms with E-state index in [1.807, 2.05) is 66.2 Å². The molecule has 2 amide bonds. The number of hydrogen-bond donors (Lipinski definition) is 2. The minimum Gasteiger partial charge on any atom is -0.360 e. The SMILES string of the molecule is Cc1nn(COCC[Si](C)(C)C)c(C)c1-c1ccc(NC(=O)C(NC(=O)c2ccnn2C)C(c2ccccc2)C2CC2)cc1. The van der Waals surface area contributed by atoms with E-state index < -0.39 is 14.1 Å². The molecule has 0 aliphatic heterocycles. The molecule has 1 aliphatic carbocycles. The van der Waals surface area contributed by atoms with Gasteiger partial charge in [-0.3, -0.25) is 14.3 Å². The van der Waals surface area contributed by atoms with Crippen molar-refractivity contribution in [3.05, 3.63) is 89.5 Å². The van der Waals surface area contributed by atoms with Crippen molar-refractivity contribution >= 4 is 25.6 Å². The molecule has 1 aliphatic rings. The molecule has 2 heterocycles. The van der Waals surface area contributed by atoms with Gasteiger partial charge in [0.05, 0.1) is 5.69 Å². The van der Waals surface area contributed by atoms with E-state index in [1.165, 1.54) is 4.68 Å². The Morgan fingerprint density at radius 1 is 1.02 bits per heavy atom. The minimum atomic E-state index is -1.15. The number of anilines is 1. The molecule has 5 rings (SSSR count). The van der Waals surface area contributed by atoms with Gasteiger partial charge in [0.25, 0.3) is 5.91 Å². The van der Waals surface area contributed by atoms with Crippen LogP contribution in [0.1, 0.15) is 46.2 Å². The van der Waals surface area contributed by atoms with Crippen molar-refractivity contribution in [2.45, 2.75) is 71.1 Å². The monoisotopic (exact) mass is 612 g/mol. The molecule has 44 heavy (non-hydrogen) atoms. The van der Waals surface area contributed by atoms with Gasteiger partial charge < -0.3 is 15.4 Å². The molecule has 2 unspecified atom stereocenters. The van der Waals surface area contributed by atoms with Crippen molar-refractivity contribution in [3.8, 4) is 11.1 Å². The molecule has 9 nitrogen and oxygen atoms in total. The van der Waals surface area contributed by atoms with E-state index in [2.05, 4.69) is 42.3 Å². The second-order valence-electron chi connectivity index (χ2n) is 13.0. The van der Waals surface area contributed by atoms with E-state index in [4.69, 9.17) is 9.84 Å². The van der Waals surface area contributed by atoms with Crippen LogP contribution in [0.15, 0.2) is 66.9 Å². The van der Waals surface area contributed by atoms with E-state index in [1.54, 1.807) is 19.3 Å². The lowest BCUT2D eigenvalue weighted by Gasteiger charge is -2.28. The first-order valence-corrected chi connectivity index (χ1v) is 19.1. The van der Waals surface area contributed by atoms with Gasteiger partial charge >= 0.3 is 0 Å². The summed E-state index contributed by atoms with van der Waals surface area (Å²) in [5.41, 5.74) is 6.18. The first-order chi connectivity index (χ1) is 21.0. The fraction of sp³-hybridized carbons (Fsp3) is 0.412. The Labute approximate surface area is 261 Å². The smallest absolute Gasteiger partial charge is 0.270 e. The Kier molecular flexibility index (Phi) is 9.50. The van der Waals surface area contributed by atoms with Gasteiger partial charge in [-0.15, -0.1) is 0 Å². The molecule has 2 atom stereocenters. The standard InChI is InChI=1S/C34H44N6O3Si/c1-23-30(24(2)40(38-23)22-43-20-21-44(4,5)6)26-14-16-28(17-15-26)36-34(42)32(37-33(41)29-18-19-35-39(29)3)31(27-12-13-27)25-10-8-7-9-11-25/h7-11,14-19,27,31-32H,12-13,20-22H2,1-6H3,(H,36,42)(H,37,41). The predicted octanol–water partition coefficient (Wildman–Crippen LogP) is 6.14. The molecule has 0 bridgehead atoms. The van der Waals surface area contributed by atoms with Crippen LogP contribution in [0.25, 0.3) is 11.1 Å². The van der Waals surface area contributed by atoms with Crippen molar-refractivity contribution in [3.63, 3.8) is 0 Å². The Morgan fingerprint density at radius 3 is 2.34 bits per heavy atom. The number of aryl methyl sites for hydroxylation is 2. The maximum atomic E-state index is 13.9. The van der Waals surface area contributed by atoms with Crippen molar-refractivity contribution in [1.29, 1.82) is 0 Å². The Balaban J connectivity index is 1.33. The maximum Gasteiger partial charge on any atom is 0.270 e. The molecular weight excluding hydrogens is 568 g/mol. The number of nitrogens with one attached hydrogen (secondary N) is 2. The molecule has 0 radical (unpaired) electrons. The van der Waals surface area contributed by atoms with Crippen molar-refractivity contribution < 1.29 is 14.3 Å². The van der Waals surface area contributed by atoms with E-state index in [-0.39, 0.29) is 17.7 Å². The molecule has 1 fully saturated rings. The second kappa shape index (κ2) is 13.3. The summed E-state index contributed by atoms with van der Waals surface area (Å²) in [5.74, 6) is -0.389. The fourth-order valence-electron chi connectivity index (χ4n) is 5.71. The quantitative estimate of drug-likeness (QED) is 0.139. The van der Waals surface area contributed by atoms with E-state index in [0.717, 1.165) is 53.6 Å². The number of ether oxygens (including phenoxy) is 1. The van der Waals surface area contributed by atoms with Crippen LogP contribution in [0.4, 0.5) is 5.69 Å². The molecule has 0 spiro atoms. The summed E-state index contributed by atoms with van der Waals surface area (Å²) < 4.78 is 9.38. The zero-order chi connectivity index (χ0) is 31.4. The van der Waals surface area contributed by atoms with E-state index in [0.29, 0.717) is 24.0 Å². The molecule has 1 saturated carbocycles. The number of hydrogen-bond acceptors (Lipinski definition) is 5. The number of amides is 2. The summed E-state index contributed by atoms with van der Waals surface area (Å²) in [6, 6.07) is 19.8. The van der Waals surface area contributed by atoms with Gasteiger partial charge in [0, 0.05) is 50.8 Å². The topological polar surface area (TPSA) is 103 Å². The van der Waals surface area contributed by atoms with Gasteiger partial charge in [-0.1, -0.05) is 62.1 Å². The molecule has 10 heteroatoms. The van der Waals surface area contributed by atoms with Crippen LogP contribution in [0.3, 0.4) is 0 Å². The van der Waals surface area contributed by atoms with E-state index in [9.17, 15) is 9.59 Å². The zero-order valence-electron chi connectivity index (χ0n) is 26.6.